The highest BCUT2D eigenvalue weighted by Crippen LogP contribution is 2.35. The maximum atomic E-state index is 13.3. The van der Waals surface area contributed by atoms with Crippen LogP contribution < -0.4 is 10.2 Å². The van der Waals surface area contributed by atoms with Crippen molar-refractivity contribution in [2.24, 2.45) is 5.92 Å². The number of amides is 2. The van der Waals surface area contributed by atoms with E-state index < -0.39 is 10.0 Å². The summed E-state index contributed by atoms with van der Waals surface area (Å²) in [6.07, 6.45) is 1.47. The third-order valence-electron chi connectivity index (χ3n) is 6.63. The van der Waals surface area contributed by atoms with Crippen LogP contribution in [0.15, 0.2) is 47.4 Å². The van der Waals surface area contributed by atoms with E-state index in [1.54, 1.807) is 47.4 Å². The van der Waals surface area contributed by atoms with E-state index in [0.717, 1.165) is 11.3 Å². The minimum Gasteiger partial charge on any atom is -0.326 e. The van der Waals surface area contributed by atoms with Gasteiger partial charge in [-0.15, -0.1) is 0 Å². The molecule has 8 nitrogen and oxygen atoms in total. The quantitative estimate of drug-likeness (QED) is 0.658. The summed E-state index contributed by atoms with van der Waals surface area (Å²) in [5.74, 6) is -0.537. The number of piperidine rings is 1. The molecule has 2 aromatic carbocycles. The zero-order chi connectivity index (χ0) is 24.6. The molecule has 0 radical (unpaired) electrons. The highest BCUT2D eigenvalue weighted by Gasteiger charge is 2.34. The van der Waals surface area contributed by atoms with Crippen molar-refractivity contribution in [2.75, 3.05) is 23.3 Å². The Morgan fingerprint density at radius 1 is 0.971 bits per heavy atom. The van der Waals surface area contributed by atoms with Crippen molar-refractivity contribution in [3.63, 3.8) is 0 Å². The smallest absolute Gasteiger partial charge is 0.243 e. The maximum absolute atomic E-state index is 13.3. The van der Waals surface area contributed by atoms with Gasteiger partial charge < -0.3 is 10.2 Å². The molecule has 0 bridgehead atoms. The second-order valence-electron chi connectivity index (χ2n) is 9.03. The van der Waals surface area contributed by atoms with E-state index in [4.69, 9.17) is 0 Å². The molecule has 9 heteroatoms. The topological polar surface area (TPSA) is 104 Å². The van der Waals surface area contributed by atoms with Crippen molar-refractivity contribution in [1.29, 1.82) is 0 Å². The summed E-state index contributed by atoms with van der Waals surface area (Å²) in [5.41, 5.74) is 2.81. The van der Waals surface area contributed by atoms with Crippen LogP contribution in [0.5, 0.6) is 0 Å². The standard InChI is InChI=1S/C25H29N3O5S/c1-16-14-21-15-23(8-9-24(21)28(16)18(3)30)34(32,33)27-12-10-20(11-13-27)25(31)26-22-6-4-19(5-7-22)17(2)29/h4-9,15-16,20H,10-14H2,1-3H3,(H,26,31). The summed E-state index contributed by atoms with van der Waals surface area (Å²) in [5, 5.41) is 2.86. The van der Waals surface area contributed by atoms with E-state index in [2.05, 4.69) is 5.32 Å². The Balaban J connectivity index is 1.40. The van der Waals surface area contributed by atoms with Crippen LogP contribution in [-0.2, 0) is 26.0 Å². The molecule has 2 amide bonds. The average molecular weight is 484 g/mol. The number of carbonyl (C=O) groups excluding carboxylic acids is 3. The molecule has 1 saturated heterocycles. The normalized spacial score (nSPS) is 19.0. The zero-order valence-corrected chi connectivity index (χ0v) is 20.4. The lowest BCUT2D eigenvalue weighted by Gasteiger charge is -2.30. The van der Waals surface area contributed by atoms with Crippen molar-refractivity contribution < 1.29 is 22.8 Å². The molecule has 34 heavy (non-hydrogen) atoms. The van der Waals surface area contributed by atoms with Gasteiger partial charge in [-0.05, 0) is 81.1 Å². The van der Waals surface area contributed by atoms with Crippen LogP contribution in [0.1, 0.15) is 49.5 Å². The summed E-state index contributed by atoms with van der Waals surface area (Å²) in [6.45, 7) is 5.47. The lowest BCUT2D eigenvalue weighted by molar-refractivity contribution is -0.121. The number of fused-ring (bicyclic) bond motifs is 1. The van der Waals surface area contributed by atoms with E-state index in [9.17, 15) is 22.8 Å². The van der Waals surface area contributed by atoms with Crippen LogP contribution in [0.4, 0.5) is 11.4 Å². The van der Waals surface area contributed by atoms with E-state index in [1.165, 1.54) is 18.2 Å². The Hall–Kier alpha value is -3.04. The third-order valence-corrected chi connectivity index (χ3v) is 8.52. The first-order valence-electron chi connectivity index (χ1n) is 11.4. The second kappa shape index (κ2) is 9.31. The van der Waals surface area contributed by atoms with Gasteiger partial charge in [-0.3, -0.25) is 14.4 Å². The SMILES string of the molecule is CC(=O)c1ccc(NC(=O)C2CCN(S(=O)(=O)c3ccc4c(c3)CC(C)N4C(C)=O)CC2)cc1. The molecule has 1 atom stereocenters. The highest BCUT2D eigenvalue weighted by atomic mass is 32.2. The number of anilines is 2. The number of hydrogen-bond donors (Lipinski definition) is 1. The number of benzene rings is 2. The second-order valence-corrected chi connectivity index (χ2v) is 11.0. The number of ketones is 1. The van der Waals surface area contributed by atoms with E-state index in [1.807, 2.05) is 6.92 Å². The van der Waals surface area contributed by atoms with Gasteiger partial charge in [0.15, 0.2) is 5.78 Å². The average Bonchev–Trinajstić information content (AvgIpc) is 3.14. The van der Waals surface area contributed by atoms with Crippen molar-refractivity contribution in [3.05, 3.63) is 53.6 Å². The fourth-order valence-electron chi connectivity index (χ4n) is 4.79. The fourth-order valence-corrected chi connectivity index (χ4v) is 6.31. The van der Waals surface area contributed by atoms with Crippen LogP contribution in [0, 0.1) is 5.92 Å². The molecule has 0 aliphatic carbocycles. The van der Waals surface area contributed by atoms with Crippen molar-refractivity contribution >= 4 is 39.0 Å². The molecule has 1 fully saturated rings. The van der Waals surface area contributed by atoms with Crippen molar-refractivity contribution in [3.8, 4) is 0 Å². The predicted octanol–water partition coefficient (Wildman–Crippen LogP) is 3.23. The number of carbonyl (C=O) groups is 3. The zero-order valence-electron chi connectivity index (χ0n) is 19.6. The molecule has 1 N–H and O–H groups in total. The lowest BCUT2D eigenvalue weighted by Crippen LogP contribution is -2.41. The molecule has 2 aromatic rings. The lowest BCUT2D eigenvalue weighted by atomic mass is 9.97. The number of rotatable bonds is 5. The van der Waals surface area contributed by atoms with Gasteiger partial charge >= 0.3 is 0 Å². The van der Waals surface area contributed by atoms with E-state index >= 15 is 0 Å². The molecule has 2 aliphatic rings. The molecule has 4 rings (SSSR count). The summed E-state index contributed by atoms with van der Waals surface area (Å²) in [6, 6.07) is 11.7. The Kier molecular flexibility index (Phi) is 6.60. The number of nitrogens with one attached hydrogen (secondary N) is 1. The monoisotopic (exact) mass is 483 g/mol. The van der Waals surface area contributed by atoms with Gasteiger partial charge in [-0.1, -0.05) is 0 Å². The first-order chi connectivity index (χ1) is 16.1. The Labute approximate surface area is 200 Å². The molecule has 1 unspecified atom stereocenters. The molecule has 180 valence electrons. The molecule has 0 saturated carbocycles. The van der Waals surface area contributed by atoms with E-state index in [0.29, 0.717) is 30.5 Å². The Morgan fingerprint density at radius 2 is 1.62 bits per heavy atom. The van der Waals surface area contributed by atoms with Gasteiger partial charge in [0.1, 0.15) is 0 Å². The Bertz CT molecular complexity index is 1230. The summed E-state index contributed by atoms with van der Waals surface area (Å²) in [7, 11) is -3.69. The third kappa shape index (κ3) is 4.63. The van der Waals surface area contributed by atoms with Crippen LogP contribution in [0.3, 0.4) is 0 Å². The van der Waals surface area contributed by atoms with Gasteiger partial charge in [0.05, 0.1) is 4.90 Å². The van der Waals surface area contributed by atoms with Crippen molar-refractivity contribution in [1.82, 2.24) is 4.31 Å². The van der Waals surface area contributed by atoms with Crippen LogP contribution >= 0.6 is 0 Å². The van der Waals surface area contributed by atoms with Gasteiger partial charge in [-0.25, -0.2) is 8.42 Å². The summed E-state index contributed by atoms with van der Waals surface area (Å²) >= 11 is 0. The first-order valence-corrected chi connectivity index (χ1v) is 12.9. The largest absolute Gasteiger partial charge is 0.326 e. The summed E-state index contributed by atoms with van der Waals surface area (Å²) < 4.78 is 27.9. The van der Waals surface area contributed by atoms with Crippen LogP contribution in [0.2, 0.25) is 0 Å². The number of sulfonamides is 1. The van der Waals surface area contributed by atoms with Gasteiger partial charge in [-0.2, -0.15) is 4.31 Å². The summed E-state index contributed by atoms with van der Waals surface area (Å²) in [4.78, 5) is 37.9. The molecule has 2 heterocycles. The highest BCUT2D eigenvalue weighted by molar-refractivity contribution is 7.89. The fraction of sp³-hybridized carbons (Fsp3) is 0.400. The number of Topliss-reactive ketones (excluding diaryl/α,β-unsaturated/α-hetero) is 1. The predicted molar refractivity (Wildman–Crippen MR) is 129 cm³/mol. The van der Waals surface area contributed by atoms with E-state index in [-0.39, 0.29) is 47.5 Å². The molecular weight excluding hydrogens is 454 g/mol. The molecule has 2 aliphatic heterocycles. The maximum Gasteiger partial charge on any atom is 0.243 e. The first kappa shape index (κ1) is 24.1. The number of hydrogen-bond acceptors (Lipinski definition) is 5. The van der Waals surface area contributed by atoms with Gasteiger partial charge in [0, 0.05) is 48.9 Å². The van der Waals surface area contributed by atoms with Crippen LogP contribution in [-0.4, -0.2) is 49.5 Å². The van der Waals surface area contributed by atoms with Gasteiger partial charge in [0.2, 0.25) is 21.8 Å². The minimum absolute atomic E-state index is 0.00150. The van der Waals surface area contributed by atoms with Gasteiger partial charge in [0.25, 0.3) is 0 Å². The van der Waals surface area contributed by atoms with Crippen LogP contribution in [0.25, 0.3) is 0 Å². The Morgan fingerprint density at radius 3 is 2.21 bits per heavy atom. The molecule has 0 spiro atoms. The number of nitrogens with zero attached hydrogens (tertiary/aromatic N) is 2. The minimum atomic E-state index is -3.69. The van der Waals surface area contributed by atoms with Crippen molar-refractivity contribution in [2.45, 2.75) is 51.0 Å². The molecule has 0 aromatic heterocycles. The molecular formula is C25H29N3O5S.